The first-order valence-corrected chi connectivity index (χ1v) is 8.35. The van der Waals surface area contributed by atoms with E-state index in [2.05, 4.69) is 17.2 Å². The van der Waals surface area contributed by atoms with Crippen LogP contribution in [0, 0.1) is 0 Å². The number of aromatic amines is 1. The number of amides is 1. The van der Waals surface area contributed by atoms with Crippen LogP contribution in [0.5, 0.6) is 5.75 Å². The van der Waals surface area contributed by atoms with Crippen molar-refractivity contribution in [2.75, 3.05) is 13.7 Å². The molecule has 0 aliphatic carbocycles. The Morgan fingerprint density at radius 2 is 1.88 bits per heavy atom. The number of methoxy groups -OCH3 is 1. The number of unbranched alkanes of at least 4 members (excludes halogenated alkanes) is 3. The van der Waals surface area contributed by atoms with E-state index >= 15 is 0 Å². The zero-order valence-corrected chi connectivity index (χ0v) is 14.5. The maximum absolute atomic E-state index is 12.2. The Bertz CT molecular complexity index is 821. The molecule has 0 saturated heterocycles. The number of nitrogens with one attached hydrogen (secondary N) is 2. The third kappa shape index (κ3) is 4.82. The molecule has 2 aromatic rings. The summed E-state index contributed by atoms with van der Waals surface area (Å²) in [6.45, 7) is 2.60. The van der Waals surface area contributed by atoms with E-state index in [0.29, 0.717) is 17.9 Å². The van der Waals surface area contributed by atoms with Crippen LogP contribution in [0.4, 0.5) is 4.79 Å². The van der Waals surface area contributed by atoms with Crippen LogP contribution in [0.3, 0.4) is 0 Å². The molecule has 7 heteroatoms. The molecule has 0 aliphatic heterocycles. The molecule has 0 unspecified atom stereocenters. The summed E-state index contributed by atoms with van der Waals surface area (Å²) >= 11 is 0. The van der Waals surface area contributed by atoms with Crippen molar-refractivity contribution in [3.05, 3.63) is 51.3 Å². The molecule has 0 atom stereocenters. The molecular weight excluding hydrogens is 322 g/mol. The second kappa shape index (κ2) is 8.86. The Kier molecular flexibility index (Phi) is 6.56. The molecule has 0 fully saturated rings. The highest BCUT2D eigenvalue weighted by atomic mass is 16.5. The van der Waals surface area contributed by atoms with Gasteiger partial charge in [0.2, 0.25) is 0 Å². The van der Waals surface area contributed by atoms with Crippen LogP contribution in [0.15, 0.2) is 40.1 Å². The van der Waals surface area contributed by atoms with Crippen molar-refractivity contribution in [2.24, 2.45) is 0 Å². The van der Waals surface area contributed by atoms with Crippen molar-refractivity contribution in [3.8, 4) is 16.9 Å². The van der Waals surface area contributed by atoms with E-state index in [4.69, 9.17) is 4.74 Å². The van der Waals surface area contributed by atoms with Crippen molar-refractivity contribution in [1.82, 2.24) is 14.9 Å². The van der Waals surface area contributed by atoms with Crippen molar-refractivity contribution in [2.45, 2.75) is 32.6 Å². The molecule has 0 aliphatic rings. The van der Waals surface area contributed by atoms with Gasteiger partial charge in [-0.2, -0.15) is 0 Å². The maximum atomic E-state index is 12.2. The van der Waals surface area contributed by atoms with Crippen molar-refractivity contribution in [1.29, 1.82) is 0 Å². The Morgan fingerprint density at radius 1 is 1.16 bits per heavy atom. The van der Waals surface area contributed by atoms with Crippen molar-refractivity contribution < 1.29 is 9.53 Å². The van der Waals surface area contributed by atoms with E-state index in [1.54, 1.807) is 31.4 Å². The van der Waals surface area contributed by atoms with Gasteiger partial charge in [-0.3, -0.25) is 9.78 Å². The molecule has 134 valence electrons. The maximum Gasteiger partial charge on any atom is 0.336 e. The fraction of sp³-hybridized carbons (Fsp3) is 0.389. The second-order valence-corrected chi connectivity index (χ2v) is 5.69. The Balaban J connectivity index is 2.20. The summed E-state index contributed by atoms with van der Waals surface area (Å²) in [5, 5.41) is 2.70. The normalized spacial score (nSPS) is 10.5. The molecule has 0 radical (unpaired) electrons. The van der Waals surface area contributed by atoms with Crippen LogP contribution in [0.2, 0.25) is 0 Å². The summed E-state index contributed by atoms with van der Waals surface area (Å²) in [5.74, 6) is 0.651. The lowest BCUT2D eigenvalue weighted by Gasteiger charge is -2.09. The van der Waals surface area contributed by atoms with Gasteiger partial charge in [-0.15, -0.1) is 0 Å². The largest absolute Gasteiger partial charge is 0.497 e. The summed E-state index contributed by atoms with van der Waals surface area (Å²) in [6.07, 6.45) is 5.36. The van der Waals surface area contributed by atoms with Gasteiger partial charge in [-0.1, -0.05) is 38.3 Å². The number of carbonyl (C=O) groups is 1. The average Bonchev–Trinajstić information content (AvgIpc) is 2.61. The van der Waals surface area contributed by atoms with Gasteiger partial charge >= 0.3 is 11.7 Å². The first kappa shape index (κ1) is 18.5. The number of hydrogen-bond acceptors (Lipinski definition) is 4. The number of ether oxygens (including phenoxy) is 1. The summed E-state index contributed by atoms with van der Waals surface area (Å²) in [7, 11) is 1.55. The van der Waals surface area contributed by atoms with Gasteiger partial charge in [0.15, 0.2) is 0 Å². The van der Waals surface area contributed by atoms with Gasteiger partial charge in [0.1, 0.15) is 5.75 Å². The first-order valence-electron chi connectivity index (χ1n) is 8.35. The molecule has 0 saturated carbocycles. The molecule has 25 heavy (non-hydrogen) atoms. The van der Waals surface area contributed by atoms with E-state index in [1.165, 1.54) is 6.20 Å². The van der Waals surface area contributed by atoms with Gasteiger partial charge in [-0.25, -0.2) is 14.2 Å². The minimum Gasteiger partial charge on any atom is -0.497 e. The zero-order valence-electron chi connectivity index (χ0n) is 14.5. The number of rotatable bonds is 7. The van der Waals surface area contributed by atoms with Crippen LogP contribution < -0.4 is 21.3 Å². The Morgan fingerprint density at radius 3 is 2.52 bits per heavy atom. The number of nitrogens with zero attached hydrogens (tertiary/aromatic N) is 1. The van der Waals surface area contributed by atoms with Gasteiger partial charge in [0, 0.05) is 12.7 Å². The molecule has 2 N–H and O–H groups in total. The van der Waals surface area contributed by atoms with E-state index < -0.39 is 17.3 Å². The lowest BCUT2D eigenvalue weighted by molar-refractivity contribution is 0.241. The smallest absolute Gasteiger partial charge is 0.336 e. The number of carbonyl (C=O) groups excluding carboxylic acids is 1. The number of benzene rings is 1. The second-order valence-electron chi connectivity index (χ2n) is 5.69. The first-order chi connectivity index (χ1) is 12.1. The lowest BCUT2D eigenvalue weighted by Crippen LogP contribution is -2.40. The standard InChI is InChI=1S/C18H23N3O4/c1-3-4-5-6-11-19-17(23)21-12-15(16(22)20-18(21)24)13-7-9-14(25-2)10-8-13/h7-10,12H,3-6,11H2,1-2H3,(H,19,23)(H,20,22,24). The van der Waals surface area contributed by atoms with Gasteiger partial charge in [0.25, 0.3) is 5.56 Å². The predicted molar refractivity (Wildman–Crippen MR) is 96.2 cm³/mol. The van der Waals surface area contributed by atoms with E-state index in [9.17, 15) is 14.4 Å². The van der Waals surface area contributed by atoms with E-state index in [0.717, 1.165) is 30.3 Å². The predicted octanol–water partition coefficient (Wildman–Crippen LogP) is 2.35. The van der Waals surface area contributed by atoms with Crippen LogP contribution in [-0.4, -0.2) is 29.2 Å². The van der Waals surface area contributed by atoms with Crippen molar-refractivity contribution >= 4 is 6.03 Å². The minimum atomic E-state index is -0.756. The Hall–Kier alpha value is -2.83. The molecule has 2 rings (SSSR count). The van der Waals surface area contributed by atoms with Crippen LogP contribution in [0.25, 0.3) is 11.1 Å². The van der Waals surface area contributed by atoms with Crippen LogP contribution >= 0.6 is 0 Å². The molecule has 0 bridgehead atoms. The summed E-state index contributed by atoms with van der Waals surface area (Å²) in [6, 6.07) is 6.25. The minimum absolute atomic E-state index is 0.239. The molecule has 7 nitrogen and oxygen atoms in total. The fourth-order valence-corrected chi connectivity index (χ4v) is 2.43. The number of H-pyrrole nitrogens is 1. The quantitative estimate of drug-likeness (QED) is 0.753. The highest BCUT2D eigenvalue weighted by Gasteiger charge is 2.12. The zero-order chi connectivity index (χ0) is 18.2. The molecule has 0 spiro atoms. The van der Waals surface area contributed by atoms with E-state index in [1.807, 2.05) is 0 Å². The topological polar surface area (TPSA) is 93.2 Å². The van der Waals surface area contributed by atoms with Crippen LogP contribution in [-0.2, 0) is 0 Å². The monoisotopic (exact) mass is 345 g/mol. The molecule has 1 aromatic carbocycles. The third-order valence-corrected chi connectivity index (χ3v) is 3.87. The molecule has 1 heterocycles. The van der Waals surface area contributed by atoms with Gasteiger partial charge in [0.05, 0.1) is 12.7 Å². The molecule has 1 amide bonds. The average molecular weight is 345 g/mol. The molecule has 1 aromatic heterocycles. The van der Waals surface area contributed by atoms with Crippen molar-refractivity contribution in [3.63, 3.8) is 0 Å². The summed E-state index contributed by atoms with van der Waals surface area (Å²) in [5.41, 5.74) is -0.467. The van der Waals surface area contributed by atoms with Crippen LogP contribution in [0.1, 0.15) is 32.6 Å². The highest BCUT2D eigenvalue weighted by Crippen LogP contribution is 2.18. The number of hydrogen-bond donors (Lipinski definition) is 2. The summed E-state index contributed by atoms with van der Waals surface area (Å²) in [4.78, 5) is 38.4. The summed E-state index contributed by atoms with van der Waals surface area (Å²) < 4.78 is 5.97. The fourth-order valence-electron chi connectivity index (χ4n) is 2.43. The Labute approximate surface area is 145 Å². The third-order valence-electron chi connectivity index (χ3n) is 3.87. The lowest BCUT2D eigenvalue weighted by atomic mass is 10.1. The van der Waals surface area contributed by atoms with Gasteiger partial charge < -0.3 is 10.1 Å². The molecular formula is C18H23N3O4. The van der Waals surface area contributed by atoms with E-state index in [-0.39, 0.29) is 5.56 Å². The SMILES string of the molecule is CCCCCCNC(=O)n1cc(-c2ccc(OC)cc2)c(=O)[nH]c1=O. The number of aromatic nitrogens is 2. The highest BCUT2D eigenvalue weighted by molar-refractivity contribution is 5.77. The van der Waals surface area contributed by atoms with Gasteiger partial charge in [-0.05, 0) is 24.1 Å².